The second-order valence-electron chi connectivity index (χ2n) is 3.48. The molecule has 0 aliphatic rings. The Labute approximate surface area is 104 Å². The fraction of sp³-hybridized carbons (Fsp3) is 0.0714. The van der Waals surface area contributed by atoms with E-state index in [9.17, 15) is 4.39 Å². The molecule has 4 heteroatoms. The fourth-order valence-corrected chi connectivity index (χ4v) is 1.52. The first kappa shape index (κ1) is 11.9. The second-order valence-corrected chi connectivity index (χ2v) is 3.48. The van der Waals surface area contributed by atoms with Crippen LogP contribution in [0.1, 0.15) is 5.56 Å². The molecule has 0 radical (unpaired) electrons. The van der Waals surface area contributed by atoms with Gasteiger partial charge in [0.15, 0.2) is 11.5 Å². The van der Waals surface area contributed by atoms with Gasteiger partial charge < -0.3 is 9.47 Å². The summed E-state index contributed by atoms with van der Waals surface area (Å²) in [5.41, 5.74) is -0.122. The fourth-order valence-electron chi connectivity index (χ4n) is 1.52. The van der Waals surface area contributed by atoms with Crippen LogP contribution in [0.4, 0.5) is 4.39 Å². The van der Waals surface area contributed by atoms with E-state index in [-0.39, 0.29) is 11.3 Å². The van der Waals surface area contributed by atoms with Crippen LogP contribution >= 0.6 is 0 Å². The normalized spacial score (nSPS) is 9.61. The van der Waals surface area contributed by atoms with Crippen molar-refractivity contribution in [1.29, 1.82) is 5.26 Å². The van der Waals surface area contributed by atoms with Crippen molar-refractivity contribution in [3.8, 4) is 23.3 Å². The summed E-state index contributed by atoms with van der Waals surface area (Å²) in [5.74, 6) is 0.514. The van der Waals surface area contributed by atoms with Gasteiger partial charge in [-0.2, -0.15) is 5.26 Å². The second kappa shape index (κ2) is 5.19. The Hall–Kier alpha value is -2.54. The minimum absolute atomic E-state index is 0.122. The Morgan fingerprint density at radius 2 is 1.67 bits per heavy atom. The number of nitriles is 1. The number of hydrogen-bond donors (Lipinski definition) is 0. The van der Waals surface area contributed by atoms with Crippen LogP contribution in [0.5, 0.6) is 17.2 Å². The van der Waals surface area contributed by atoms with Crippen LogP contribution < -0.4 is 9.47 Å². The zero-order valence-electron chi connectivity index (χ0n) is 9.68. The van der Waals surface area contributed by atoms with Crippen molar-refractivity contribution in [1.82, 2.24) is 0 Å². The largest absolute Gasteiger partial charge is 0.493 e. The Morgan fingerprint density at radius 3 is 2.33 bits per heavy atom. The molecule has 0 saturated heterocycles. The van der Waals surface area contributed by atoms with Gasteiger partial charge in [-0.25, -0.2) is 4.39 Å². The van der Waals surface area contributed by atoms with E-state index in [4.69, 9.17) is 14.7 Å². The van der Waals surface area contributed by atoms with Gasteiger partial charge in [-0.3, -0.25) is 0 Å². The Kier molecular flexibility index (Phi) is 3.44. The van der Waals surface area contributed by atoms with Crippen LogP contribution in [-0.4, -0.2) is 7.11 Å². The number of halogens is 1. The maximum Gasteiger partial charge on any atom is 0.169 e. The summed E-state index contributed by atoms with van der Waals surface area (Å²) in [7, 11) is 1.51. The van der Waals surface area contributed by atoms with Gasteiger partial charge in [0, 0.05) is 0 Å². The molecule has 2 aromatic rings. The highest BCUT2D eigenvalue weighted by Gasteiger charge is 2.11. The van der Waals surface area contributed by atoms with Gasteiger partial charge in [-0.1, -0.05) is 18.2 Å². The molecule has 0 amide bonds. The van der Waals surface area contributed by atoms with Gasteiger partial charge in [0.2, 0.25) is 0 Å². The summed E-state index contributed by atoms with van der Waals surface area (Å²) >= 11 is 0. The van der Waals surface area contributed by atoms with Gasteiger partial charge >= 0.3 is 0 Å². The molecule has 0 atom stereocenters. The summed E-state index contributed by atoms with van der Waals surface area (Å²) in [6, 6.07) is 13.0. The van der Waals surface area contributed by atoms with Gasteiger partial charge in [-0.15, -0.1) is 0 Å². The standard InChI is InChI=1S/C14H10FNO2/c1-17-13-6-2-3-7-14(13)18-12-8-4-5-11(15)10(12)9-16/h2-8H,1H3. The molecule has 0 spiro atoms. The van der Waals surface area contributed by atoms with Gasteiger partial charge in [0.25, 0.3) is 0 Å². The van der Waals surface area contributed by atoms with E-state index in [0.29, 0.717) is 11.5 Å². The third-order valence-corrected chi connectivity index (χ3v) is 2.38. The summed E-state index contributed by atoms with van der Waals surface area (Å²) in [4.78, 5) is 0. The molecule has 90 valence electrons. The van der Waals surface area contributed by atoms with Crippen molar-refractivity contribution in [3.63, 3.8) is 0 Å². The van der Waals surface area contributed by atoms with E-state index in [0.717, 1.165) is 0 Å². The molecule has 0 saturated carbocycles. The highest BCUT2D eigenvalue weighted by atomic mass is 19.1. The van der Waals surface area contributed by atoms with Gasteiger partial charge in [-0.05, 0) is 24.3 Å². The molecule has 2 rings (SSSR count). The molecule has 2 aromatic carbocycles. The van der Waals surface area contributed by atoms with Crippen molar-refractivity contribution >= 4 is 0 Å². The van der Waals surface area contributed by atoms with Crippen LogP contribution in [0.15, 0.2) is 42.5 Å². The first-order valence-corrected chi connectivity index (χ1v) is 5.25. The quantitative estimate of drug-likeness (QED) is 0.828. The van der Waals surface area contributed by atoms with Crippen molar-refractivity contribution in [2.24, 2.45) is 0 Å². The molecular weight excluding hydrogens is 233 g/mol. The number of para-hydroxylation sites is 2. The first-order valence-electron chi connectivity index (χ1n) is 5.25. The summed E-state index contributed by atoms with van der Waals surface area (Å²) in [6.07, 6.45) is 0. The molecule has 0 N–H and O–H groups in total. The van der Waals surface area contributed by atoms with E-state index >= 15 is 0 Å². The van der Waals surface area contributed by atoms with Crippen LogP contribution in [0, 0.1) is 17.1 Å². The zero-order chi connectivity index (χ0) is 13.0. The average molecular weight is 243 g/mol. The average Bonchev–Trinajstić information content (AvgIpc) is 2.40. The van der Waals surface area contributed by atoms with Gasteiger partial charge in [0.05, 0.1) is 7.11 Å². The van der Waals surface area contributed by atoms with E-state index in [2.05, 4.69) is 0 Å². The number of ether oxygens (including phenoxy) is 2. The number of nitrogens with zero attached hydrogens (tertiary/aromatic N) is 1. The third-order valence-electron chi connectivity index (χ3n) is 2.38. The molecule has 0 unspecified atom stereocenters. The lowest BCUT2D eigenvalue weighted by Gasteiger charge is -2.10. The van der Waals surface area contributed by atoms with Crippen molar-refractivity contribution in [2.75, 3.05) is 7.11 Å². The minimum Gasteiger partial charge on any atom is -0.493 e. The maximum absolute atomic E-state index is 13.4. The zero-order valence-corrected chi connectivity index (χ0v) is 9.68. The van der Waals surface area contributed by atoms with E-state index < -0.39 is 5.82 Å². The van der Waals surface area contributed by atoms with E-state index in [1.54, 1.807) is 30.3 Å². The Bertz CT molecular complexity index is 605. The van der Waals surface area contributed by atoms with Crippen LogP contribution in [0.25, 0.3) is 0 Å². The summed E-state index contributed by atoms with van der Waals surface area (Å²) in [6.45, 7) is 0. The van der Waals surface area contributed by atoms with Crippen LogP contribution in [0.3, 0.4) is 0 Å². The maximum atomic E-state index is 13.4. The molecule has 3 nitrogen and oxygen atoms in total. The number of hydrogen-bond acceptors (Lipinski definition) is 3. The highest BCUT2D eigenvalue weighted by Crippen LogP contribution is 2.33. The monoisotopic (exact) mass is 243 g/mol. The minimum atomic E-state index is -0.607. The Balaban J connectivity index is 2.41. The Morgan fingerprint density at radius 1 is 1.00 bits per heavy atom. The third kappa shape index (κ3) is 2.25. The van der Waals surface area contributed by atoms with Gasteiger partial charge in [0.1, 0.15) is 23.2 Å². The molecular formula is C14H10FNO2. The molecule has 18 heavy (non-hydrogen) atoms. The highest BCUT2D eigenvalue weighted by molar-refractivity contribution is 5.49. The lowest BCUT2D eigenvalue weighted by molar-refractivity contribution is 0.377. The van der Waals surface area contributed by atoms with Crippen LogP contribution in [-0.2, 0) is 0 Å². The topological polar surface area (TPSA) is 42.2 Å². The van der Waals surface area contributed by atoms with Crippen LogP contribution in [0.2, 0.25) is 0 Å². The molecule has 0 aliphatic heterocycles. The molecule has 0 heterocycles. The summed E-state index contributed by atoms with van der Waals surface area (Å²) in [5, 5.41) is 8.90. The van der Waals surface area contributed by atoms with Crippen molar-refractivity contribution < 1.29 is 13.9 Å². The summed E-state index contributed by atoms with van der Waals surface area (Å²) < 4.78 is 24.0. The predicted octanol–water partition coefficient (Wildman–Crippen LogP) is 3.50. The van der Waals surface area contributed by atoms with E-state index in [1.807, 2.05) is 0 Å². The number of benzene rings is 2. The lowest BCUT2D eigenvalue weighted by Crippen LogP contribution is -1.93. The number of rotatable bonds is 3. The van der Waals surface area contributed by atoms with E-state index in [1.165, 1.54) is 25.3 Å². The van der Waals surface area contributed by atoms with Crippen molar-refractivity contribution in [2.45, 2.75) is 0 Å². The molecule has 0 bridgehead atoms. The molecule has 0 aromatic heterocycles. The first-order chi connectivity index (χ1) is 8.76. The molecule has 0 aliphatic carbocycles. The van der Waals surface area contributed by atoms with Crippen molar-refractivity contribution in [3.05, 3.63) is 53.8 Å². The predicted molar refractivity (Wildman–Crippen MR) is 64.2 cm³/mol. The molecule has 0 fully saturated rings. The SMILES string of the molecule is COc1ccccc1Oc1cccc(F)c1C#N. The smallest absolute Gasteiger partial charge is 0.169 e. The lowest BCUT2D eigenvalue weighted by atomic mass is 10.2. The number of methoxy groups -OCH3 is 1.